The number of piperidine rings is 2. The minimum atomic E-state index is -0.225. The van der Waals surface area contributed by atoms with E-state index in [4.69, 9.17) is 0 Å². The third-order valence-corrected chi connectivity index (χ3v) is 4.87. The molecule has 0 amide bonds. The third-order valence-electron chi connectivity index (χ3n) is 4.43. The van der Waals surface area contributed by atoms with Crippen molar-refractivity contribution >= 4 is 21.7 Å². The smallest absolute Gasteiger partial charge is 0.166 e. The summed E-state index contributed by atoms with van der Waals surface area (Å²) in [5, 5.41) is 0. The normalized spacial score (nSPS) is 28.3. The Bertz CT molecular complexity index is 468. The van der Waals surface area contributed by atoms with E-state index >= 15 is 0 Å². The van der Waals surface area contributed by atoms with Crippen molar-refractivity contribution in [2.24, 2.45) is 5.92 Å². The van der Waals surface area contributed by atoms with Gasteiger partial charge in [-0.2, -0.15) is 0 Å². The van der Waals surface area contributed by atoms with Gasteiger partial charge in [0.2, 0.25) is 0 Å². The van der Waals surface area contributed by atoms with E-state index < -0.39 is 0 Å². The minimum absolute atomic E-state index is 0.225. The average Bonchev–Trinajstić information content (AvgIpc) is 2.38. The van der Waals surface area contributed by atoms with Crippen LogP contribution >= 0.6 is 15.9 Å². The van der Waals surface area contributed by atoms with Crippen molar-refractivity contribution in [2.75, 3.05) is 31.6 Å². The second kappa shape index (κ2) is 5.37. The molecule has 2 unspecified atom stereocenters. The number of pyridine rings is 1. The molecular weight excluding hydrogens is 309 g/mol. The Morgan fingerprint density at radius 3 is 3.00 bits per heavy atom. The standard InChI is InChI=1S/C14H19BrFN3/c1-18-5-2-3-10-9-19(6-4-13(10)18)14-12(16)7-11(15)8-17-14/h7-8,10,13H,2-6,9H2,1H3. The van der Waals surface area contributed by atoms with E-state index in [1.807, 2.05) is 0 Å². The molecule has 3 heterocycles. The van der Waals surface area contributed by atoms with Gasteiger partial charge >= 0.3 is 0 Å². The Kier molecular flexibility index (Phi) is 3.76. The van der Waals surface area contributed by atoms with Gasteiger partial charge in [-0.05, 0) is 60.8 Å². The first-order valence-electron chi connectivity index (χ1n) is 6.91. The van der Waals surface area contributed by atoms with Gasteiger partial charge in [0.25, 0.3) is 0 Å². The zero-order valence-electron chi connectivity index (χ0n) is 11.1. The molecule has 19 heavy (non-hydrogen) atoms. The van der Waals surface area contributed by atoms with E-state index in [9.17, 15) is 4.39 Å². The van der Waals surface area contributed by atoms with Crippen LogP contribution < -0.4 is 4.90 Å². The second-order valence-electron chi connectivity index (χ2n) is 5.64. The van der Waals surface area contributed by atoms with Crippen molar-refractivity contribution in [1.82, 2.24) is 9.88 Å². The van der Waals surface area contributed by atoms with Crippen LogP contribution in [-0.4, -0.2) is 42.6 Å². The van der Waals surface area contributed by atoms with E-state index in [-0.39, 0.29) is 5.82 Å². The van der Waals surface area contributed by atoms with E-state index in [1.54, 1.807) is 6.20 Å². The van der Waals surface area contributed by atoms with Gasteiger partial charge in [-0.15, -0.1) is 0 Å². The summed E-state index contributed by atoms with van der Waals surface area (Å²) in [6, 6.07) is 2.17. The van der Waals surface area contributed by atoms with Crippen LogP contribution in [0, 0.1) is 11.7 Å². The average molecular weight is 328 g/mol. The molecule has 1 aromatic rings. The molecule has 2 saturated heterocycles. The number of fused-ring (bicyclic) bond motifs is 1. The lowest BCUT2D eigenvalue weighted by atomic mass is 9.84. The second-order valence-corrected chi connectivity index (χ2v) is 6.56. The Morgan fingerprint density at radius 2 is 2.21 bits per heavy atom. The highest BCUT2D eigenvalue weighted by Crippen LogP contribution is 2.32. The minimum Gasteiger partial charge on any atom is -0.354 e. The Balaban J connectivity index is 1.77. The van der Waals surface area contributed by atoms with Crippen LogP contribution in [0.4, 0.5) is 10.2 Å². The summed E-state index contributed by atoms with van der Waals surface area (Å²) in [6.07, 6.45) is 5.29. The fourth-order valence-electron chi connectivity index (χ4n) is 3.48. The summed E-state index contributed by atoms with van der Waals surface area (Å²) < 4.78 is 14.7. The first kappa shape index (κ1) is 13.3. The highest BCUT2D eigenvalue weighted by molar-refractivity contribution is 9.10. The zero-order valence-corrected chi connectivity index (χ0v) is 12.7. The first-order chi connectivity index (χ1) is 9.15. The molecule has 0 saturated carbocycles. The highest BCUT2D eigenvalue weighted by atomic mass is 79.9. The molecule has 104 valence electrons. The SMILES string of the molecule is CN1CCCC2CN(c3ncc(Br)cc3F)CCC21. The van der Waals surface area contributed by atoms with E-state index in [0.717, 1.165) is 19.5 Å². The number of hydrogen-bond donors (Lipinski definition) is 0. The van der Waals surface area contributed by atoms with Gasteiger partial charge in [0.05, 0.1) is 0 Å². The molecule has 2 aliphatic rings. The predicted octanol–water partition coefficient (Wildman–Crippen LogP) is 2.90. The summed E-state index contributed by atoms with van der Waals surface area (Å²) in [6.45, 7) is 3.03. The molecule has 3 nitrogen and oxygen atoms in total. The molecule has 0 bridgehead atoms. The number of hydrogen-bond acceptors (Lipinski definition) is 3. The van der Waals surface area contributed by atoms with Crippen molar-refractivity contribution in [2.45, 2.75) is 25.3 Å². The lowest BCUT2D eigenvalue weighted by Crippen LogP contribution is -2.53. The lowest BCUT2D eigenvalue weighted by molar-refractivity contribution is 0.102. The molecule has 0 spiro atoms. The number of aromatic nitrogens is 1. The molecular formula is C14H19BrFN3. The molecule has 0 N–H and O–H groups in total. The van der Waals surface area contributed by atoms with Crippen LogP contribution in [0.25, 0.3) is 0 Å². The summed E-state index contributed by atoms with van der Waals surface area (Å²) in [7, 11) is 2.21. The first-order valence-corrected chi connectivity index (χ1v) is 7.70. The monoisotopic (exact) mass is 327 g/mol. The maximum absolute atomic E-state index is 14.0. The Labute approximate surface area is 121 Å². The van der Waals surface area contributed by atoms with E-state index in [0.29, 0.717) is 22.3 Å². The summed E-state index contributed by atoms with van der Waals surface area (Å²) in [5.74, 6) is 0.934. The van der Waals surface area contributed by atoms with Crippen molar-refractivity contribution in [3.05, 3.63) is 22.6 Å². The molecule has 0 aromatic carbocycles. The van der Waals surface area contributed by atoms with Gasteiger partial charge in [-0.1, -0.05) is 0 Å². The van der Waals surface area contributed by atoms with Gasteiger partial charge in [-0.3, -0.25) is 0 Å². The molecule has 0 radical (unpaired) electrons. The molecule has 3 rings (SSSR count). The molecule has 0 aliphatic carbocycles. The zero-order chi connectivity index (χ0) is 13.4. The van der Waals surface area contributed by atoms with Crippen LogP contribution in [0.2, 0.25) is 0 Å². The van der Waals surface area contributed by atoms with Crippen molar-refractivity contribution in [3.63, 3.8) is 0 Å². The third kappa shape index (κ3) is 2.63. The van der Waals surface area contributed by atoms with E-state index in [1.165, 1.54) is 25.5 Å². The van der Waals surface area contributed by atoms with Gasteiger partial charge in [-0.25, -0.2) is 9.37 Å². The lowest BCUT2D eigenvalue weighted by Gasteiger charge is -2.46. The molecule has 2 aliphatic heterocycles. The van der Waals surface area contributed by atoms with Gasteiger partial charge in [0.15, 0.2) is 11.6 Å². The number of likely N-dealkylation sites (tertiary alicyclic amines) is 1. The van der Waals surface area contributed by atoms with Crippen molar-refractivity contribution in [3.8, 4) is 0 Å². The number of rotatable bonds is 1. The summed E-state index contributed by atoms with van der Waals surface area (Å²) >= 11 is 3.26. The van der Waals surface area contributed by atoms with Crippen LogP contribution in [-0.2, 0) is 0 Å². The van der Waals surface area contributed by atoms with Crippen molar-refractivity contribution < 1.29 is 4.39 Å². The largest absolute Gasteiger partial charge is 0.354 e. The van der Waals surface area contributed by atoms with E-state index in [2.05, 4.69) is 37.8 Å². The predicted molar refractivity (Wildman–Crippen MR) is 77.9 cm³/mol. The van der Waals surface area contributed by atoms with Crippen LogP contribution in [0.3, 0.4) is 0 Å². The number of nitrogens with zero attached hydrogens (tertiary/aromatic N) is 3. The summed E-state index contributed by atoms with van der Waals surface area (Å²) in [4.78, 5) is 8.83. The Hall–Kier alpha value is -0.680. The Morgan fingerprint density at radius 1 is 1.37 bits per heavy atom. The number of halogens is 2. The highest BCUT2D eigenvalue weighted by Gasteiger charge is 2.35. The quantitative estimate of drug-likeness (QED) is 0.790. The van der Waals surface area contributed by atoms with Crippen molar-refractivity contribution in [1.29, 1.82) is 0 Å². The molecule has 1 aromatic heterocycles. The van der Waals surface area contributed by atoms with Gasteiger partial charge < -0.3 is 9.80 Å². The fraction of sp³-hybridized carbons (Fsp3) is 0.643. The van der Waals surface area contributed by atoms with Crippen LogP contribution in [0.15, 0.2) is 16.7 Å². The topological polar surface area (TPSA) is 19.4 Å². The summed E-state index contributed by atoms with van der Waals surface area (Å²) in [5.41, 5.74) is 0. The van der Waals surface area contributed by atoms with Gasteiger partial charge in [0.1, 0.15) is 0 Å². The fourth-order valence-corrected chi connectivity index (χ4v) is 3.79. The molecule has 2 fully saturated rings. The number of anilines is 1. The maximum atomic E-state index is 14.0. The molecule has 2 atom stereocenters. The van der Waals surface area contributed by atoms with Crippen LogP contribution in [0.1, 0.15) is 19.3 Å². The van der Waals surface area contributed by atoms with Gasteiger partial charge in [0, 0.05) is 29.8 Å². The molecule has 5 heteroatoms. The maximum Gasteiger partial charge on any atom is 0.166 e. The van der Waals surface area contributed by atoms with Crippen LogP contribution in [0.5, 0.6) is 0 Å².